The van der Waals surface area contributed by atoms with Crippen LogP contribution in [-0.2, 0) is 4.74 Å². The van der Waals surface area contributed by atoms with Crippen LogP contribution < -0.4 is 0 Å². The van der Waals surface area contributed by atoms with Crippen LogP contribution in [0.4, 0.5) is 0 Å². The first kappa shape index (κ1) is 13.2. The average molecular weight is 223 g/mol. The average Bonchev–Trinajstić information content (AvgIpc) is 2.33. The number of aryl methyl sites for hydroxylation is 1. The zero-order valence-corrected chi connectivity index (χ0v) is 9.93. The molecule has 0 amide bonds. The molecule has 0 aliphatic carbocycles. The van der Waals surface area contributed by atoms with Crippen LogP contribution in [0, 0.1) is 6.92 Å². The predicted octanol–water partition coefficient (Wildman–Crippen LogP) is 1.31. The minimum absolute atomic E-state index is 0.264. The highest BCUT2D eigenvalue weighted by Gasteiger charge is 2.07. The minimum Gasteiger partial charge on any atom is -0.395 e. The Morgan fingerprint density at radius 1 is 1.19 bits per heavy atom. The van der Waals surface area contributed by atoms with Crippen LogP contribution in [0.2, 0.25) is 0 Å². The maximum atomic E-state index is 8.54. The molecule has 0 aromatic heterocycles. The molecule has 3 nitrogen and oxygen atoms in total. The topological polar surface area (TPSA) is 32.7 Å². The molecule has 0 radical (unpaired) electrons. The van der Waals surface area contributed by atoms with Gasteiger partial charge in [0.25, 0.3) is 0 Å². The van der Waals surface area contributed by atoms with Gasteiger partial charge in [0, 0.05) is 19.6 Å². The summed E-state index contributed by atoms with van der Waals surface area (Å²) in [5.74, 6) is 0. The van der Waals surface area contributed by atoms with Gasteiger partial charge in [0.1, 0.15) is 0 Å². The number of β-amino-alcohol motifs (C(OH)–C–C–N with tert-alkyl or cyclic N) is 1. The van der Waals surface area contributed by atoms with Gasteiger partial charge in [0.15, 0.2) is 0 Å². The largest absolute Gasteiger partial charge is 0.395 e. The van der Waals surface area contributed by atoms with Crippen molar-refractivity contribution in [3.8, 4) is 0 Å². The molecule has 1 N–H and O–H groups in total. The third-order valence-corrected chi connectivity index (χ3v) is 2.46. The summed E-state index contributed by atoms with van der Waals surface area (Å²) >= 11 is 0. The van der Waals surface area contributed by atoms with Crippen molar-refractivity contribution in [1.29, 1.82) is 0 Å². The number of nitrogens with zero attached hydrogens (tertiary/aromatic N) is 1. The second-order valence-corrected chi connectivity index (χ2v) is 3.83. The zero-order chi connectivity index (χ0) is 11.6. The number of benzene rings is 1. The van der Waals surface area contributed by atoms with Gasteiger partial charge >= 0.3 is 0 Å². The Morgan fingerprint density at radius 3 is 2.25 bits per heavy atom. The Morgan fingerprint density at radius 2 is 1.81 bits per heavy atom. The van der Waals surface area contributed by atoms with E-state index in [1.54, 1.807) is 0 Å². The number of hydrogen-bond donors (Lipinski definition) is 1. The Balaban J connectivity index is 0.000000165. The standard InChI is InChI=1S/C7H8.C6H13NO2/c1-7-5-3-2-4-6-7;8-4-1-7-2-5-9-6-3-7/h2-6H,1H3;8H,1-6H2. The molecule has 1 aliphatic rings. The van der Waals surface area contributed by atoms with Gasteiger partial charge in [-0.2, -0.15) is 0 Å². The highest BCUT2D eigenvalue weighted by atomic mass is 16.5. The minimum atomic E-state index is 0.264. The van der Waals surface area contributed by atoms with E-state index in [1.165, 1.54) is 5.56 Å². The van der Waals surface area contributed by atoms with E-state index >= 15 is 0 Å². The van der Waals surface area contributed by atoms with Gasteiger partial charge in [-0.1, -0.05) is 35.9 Å². The Labute approximate surface area is 97.7 Å². The fourth-order valence-corrected chi connectivity index (χ4v) is 1.50. The van der Waals surface area contributed by atoms with Crippen molar-refractivity contribution in [1.82, 2.24) is 4.90 Å². The molecule has 1 aromatic carbocycles. The van der Waals surface area contributed by atoms with Crippen LogP contribution >= 0.6 is 0 Å². The van der Waals surface area contributed by atoms with E-state index in [9.17, 15) is 0 Å². The quantitative estimate of drug-likeness (QED) is 0.820. The summed E-state index contributed by atoms with van der Waals surface area (Å²) in [5, 5.41) is 8.54. The molecule has 2 rings (SSSR count). The Hall–Kier alpha value is -0.900. The second-order valence-electron chi connectivity index (χ2n) is 3.83. The second kappa shape index (κ2) is 8.28. The molecule has 0 saturated carbocycles. The van der Waals surface area contributed by atoms with Gasteiger partial charge in [-0.05, 0) is 6.92 Å². The predicted molar refractivity (Wildman–Crippen MR) is 65.5 cm³/mol. The lowest BCUT2D eigenvalue weighted by Crippen LogP contribution is -2.37. The normalized spacial score (nSPS) is 16.4. The summed E-state index contributed by atoms with van der Waals surface area (Å²) in [6, 6.07) is 10.3. The molecule has 1 fully saturated rings. The van der Waals surface area contributed by atoms with Crippen LogP contribution in [0.25, 0.3) is 0 Å². The lowest BCUT2D eigenvalue weighted by molar-refractivity contribution is 0.0306. The van der Waals surface area contributed by atoms with Crippen LogP contribution in [0.3, 0.4) is 0 Å². The van der Waals surface area contributed by atoms with Crippen LogP contribution in [-0.4, -0.2) is 49.5 Å². The molecule has 0 spiro atoms. The van der Waals surface area contributed by atoms with E-state index in [1.807, 2.05) is 18.2 Å². The molecule has 0 unspecified atom stereocenters. The van der Waals surface area contributed by atoms with E-state index in [-0.39, 0.29) is 6.61 Å². The van der Waals surface area contributed by atoms with E-state index in [0.29, 0.717) is 0 Å². The SMILES string of the molecule is Cc1ccccc1.OCCN1CCOCC1. The number of morpholine rings is 1. The summed E-state index contributed by atoms with van der Waals surface area (Å²) in [4.78, 5) is 2.20. The van der Waals surface area contributed by atoms with Crippen molar-refractivity contribution < 1.29 is 9.84 Å². The molecule has 1 heterocycles. The molecule has 1 aromatic rings. The lowest BCUT2D eigenvalue weighted by atomic mass is 10.2. The van der Waals surface area contributed by atoms with Crippen molar-refractivity contribution in [3.05, 3.63) is 35.9 Å². The molecule has 1 saturated heterocycles. The molecule has 3 heteroatoms. The van der Waals surface area contributed by atoms with Crippen LogP contribution in [0.15, 0.2) is 30.3 Å². The van der Waals surface area contributed by atoms with E-state index in [2.05, 4.69) is 24.0 Å². The number of ether oxygens (including phenoxy) is 1. The van der Waals surface area contributed by atoms with Gasteiger partial charge in [0.05, 0.1) is 19.8 Å². The third kappa shape index (κ3) is 5.85. The van der Waals surface area contributed by atoms with Crippen molar-refractivity contribution in [2.24, 2.45) is 0 Å². The first-order valence-electron chi connectivity index (χ1n) is 5.75. The molecule has 0 atom stereocenters. The van der Waals surface area contributed by atoms with Crippen LogP contribution in [0.1, 0.15) is 5.56 Å². The number of aliphatic hydroxyl groups excluding tert-OH is 1. The van der Waals surface area contributed by atoms with E-state index < -0.39 is 0 Å². The highest BCUT2D eigenvalue weighted by molar-refractivity contribution is 5.11. The van der Waals surface area contributed by atoms with E-state index in [4.69, 9.17) is 9.84 Å². The van der Waals surface area contributed by atoms with Crippen molar-refractivity contribution in [2.75, 3.05) is 39.5 Å². The summed E-state index contributed by atoms with van der Waals surface area (Å²) < 4.78 is 5.12. The van der Waals surface area contributed by atoms with Gasteiger partial charge in [-0.25, -0.2) is 0 Å². The Kier molecular flexibility index (Phi) is 6.81. The van der Waals surface area contributed by atoms with Crippen molar-refractivity contribution in [3.63, 3.8) is 0 Å². The van der Waals surface area contributed by atoms with Gasteiger partial charge in [0.2, 0.25) is 0 Å². The fraction of sp³-hybridized carbons (Fsp3) is 0.538. The van der Waals surface area contributed by atoms with Gasteiger partial charge in [-0.3, -0.25) is 4.90 Å². The smallest absolute Gasteiger partial charge is 0.0594 e. The molecule has 0 bridgehead atoms. The Bertz CT molecular complexity index is 255. The molecule has 16 heavy (non-hydrogen) atoms. The van der Waals surface area contributed by atoms with Crippen molar-refractivity contribution >= 4 is 0 Å². The summed E-state index contributed by atoms with van der Waals surface area (Å²) in [5.41, 5.74) is 1.32. The summed E-state index contributed by atoms with van der Waals surface area (Å²) in [7, 11) is 0. The van der Waals surface area contributed by atoms with Crippen molar-refractivity contribution in [2.45, 2.75) is 6.92 Å². The van der Waals surface area contributed by atoms with Gasteiger partial charge < -0.3 is 9.84 Å². The number of rotatable bonds is 2. The maximum Gasteiger partial charge on any atom is 0.0594 e. The number of aliphatic hydroxyl groups is 1. The molecule has 1 aliphatic heterocycles. The first-order chi connectivity index (χ1) is 7.83. The highest BCUT2D eigenvalue weighted by Crippen LogP contribution is 1.94. The van der Waals surface area contributed by atoms with Crippen LogP contribution in [0.5, 0.6) is 0 Å². The maximum absolute atomic E-state index is 8.54. The first-order valence-corrected chi connectivity index (χ1v) is 5.75. The fourth-order valence-electron chi connectivity index (χ4n) is 1.50. The molecular formula is C13H21NO2. The third-order valence-electron chi connectivity index (χ3n) is 2.46. The summed E-state index contributed by atoms with van der Waals surface area (Å²) in [6.45, 7) is 6.73. The monoisotopic (exact) mass is 223 g/mol. The molecular weight excluding hydrogens is 202 g/mol. The lowest BCUT2D eigenvalue weighted by Gasteiger charge is -2.25. The zero-order valence-electron chi connectivity index (χ0n) is 9.93. The molecule has 90 valence electrons. The van der Waals surface area contributed by atoms with Gasteiger partial charge in [-0.15, -0.1) is 0 Å². The number of hydrogen-bond acceptors (Lipinski definition) is 3. The summed E-state index contributed by atoms with van der Waals surface area (Å²) in [6.07, 6.45) is 0. The van der Waals surface area contributed by atoms with E-state index in [0.717, 1.165) is 32.8 Å².